The minimum Gasteiger partial charge on any atom is -0.498 e. The summed E-state index contributed by atoms with van der Waals surface area (Å²) in [4.78, 5) is 25.5. The summed E-state index contributed by atoms with van der Waals surface area (Å²) in [7, 11) is 0.436. The Morgan fingerprint density at radius 3 is 1.09 bits per heavy atom. The van der Waals surface area contributed by atoms with Crippen molar-refractivity contribution in [3.05, 3.63) is 23.3 Å². The molecule has 0 spiro atoms. The molecule has 0 amide bonds. The molecule has 1 aromatic carbocycles. The first-order valence-electron chi connectivity index (χ1n) is 11.4. The van der Waals surface area contributed by atoms with Crippen LogP contribution < -0.4 is 9.05 Å². The fourth-order valence-electron chi connectivity index (χ4n) is 3.92. The smallest absolute Gasteiger partial charge is 0.284 e. The number of benzene rings is 1. The number of hydrogen-bond acceptors (Lipinski definition) is 6. The molecule has 0 saturated heterocycles. The topological polar surface area (TPSA) is 71.1 Å². The van der Waals surface area contributed by atoms with Crippen molar-refractivity contribution >= 4 is 28.2 Å². The van der Waals surface area contributed by atoms with E-state index in [4.69, 9.17) is 18.5 Å². The molecule has 0 unspecified atom stereocenters. The van der Waals surface area contributed by atoms with Gasteiger partial charge in [0, 0.05) is 52.2 Å². The Kier molecular flexibility index (Phi) is 12.0. The fraction of sp³-hybridized carbons (Fsp3) is 0.692. The largest absolute Gasteiger partial charge is 0.498 e. The van der Waals surface area contributed by atoms with Crippen molar-refractivity contribution in [1.82, 2.24) is 0 Å². The quantitative estimate of drug-likeness (QED) is 0.171. The molecule has 0 fully saturated rings. The van der Waals surface area contributed by atoms with Gasteiger partial charge in [-0.15, -0.1) is 6.07 Å². The number of methoxy groups -OCH3 is 2. The molecule has 203 valence electrons. The zero-order chi connectivity index (χ0) is 26.9. The molecule has 0 heterocycles. The Hall–Kier alpha value is -0.731. The van der Waals surface area contributed by atoms with Crippen LogP contribution in [0.1, 0.15) is 104 Å². The van der Waals surface area contributed by atoms with Crippen LogP contribution in [0.3, 0.4) is 0 Å². The molecule has 0 aliphatic carbocycles. The molecule has 1 aromatic rings. The monoisotopic (exact) mass is 706 g/mol. The van der Waals surface area contributed by atoms with Crippen molar-refractivity contribution < 1.29 is 48.2 Å². The van der Waals surface area contributed by atoms with E-state index >= 15 is 0 Å². The molecule has 0 aromatic heterocycles. The van der Waals surface area contributed by atoms with Crippen LogP contribution in [0.4, 0.5) is 0 Å². The number of carbonyl (C=O) groups excluding carboxylic acids is 2. The third kappa shape index (κ3) is 9.26. The molecule has 0 N–H and O–H groups in total. The summed E-state index contributed by atoms with van der Waals surface area (Å²) in [5.74, 6) is -0.782. The van der Waals surface area contributed by atoms with Crippen LogP contribution in [0.15, 0.2) is 6.07 Å². The first-order valence-corrected chi connectivity index (χ1v) is 13.9. The summed E-state index contributed by atoms with van der Waals surface area (Å²) >= 11 is 0. The van der Waals surface area contributed by atoms with Crippen molar-refractivity contribution in [1.29, 1.82) is 0 Å². The van der Waals surface area contributed by atoms with Crippen molar-refractivity contribution in [2.75, 3.05) is 14.2 Å². The van der Waals surface area contributed by atoms with E-state index in [9.17, 15) is 9.59 Å². The first kappa shape index (κ1) is 34.3. The number of hydrogen-bond donors (Lipinski definition) is 0. The predicted octanol–water partition coefficient (Wildman–Crippen LogP) is 7.80. The molecule has 0 aliphatic heterocycles. The number of rotatable bonds is 6. The predicted molar refractivity (Wildman–Crippen MR) is 142 cm³/mol. The Balaban J connectivity index is 0.0000116. The van der Waals surface area contributed by atoms with E-state index in [0.29, 0.717) is 0 Å². The van der Waals surface area contributed by atoms with E-state index in [1.807, 2.05) is 0 Å². The van der Waals surface area contributed by atoms with Gasteiger partial charge in [0.25, 0.3) is 11.9 Å². The summed E-state index contributed by atoms with van der Waals surface area (Å²) in [6.45, 7) is 25.3. The molecular weight excluding hydrogens is 662 g/mol. The molecule has 1 rings (SSSR count). The van der Waals surface area contributed by atoms with Gasteiger partial charge in [0.1, 0.15) is 0 Å². The van der Waals surface area contributed by atoms with Crippen molar-refractivity contribution in [3.63, 3.8) is 0 Å². The van der Waals surface area contributed by atoms with Gasteiger partial charge in [-0.3, -0.25) is 9.59 Å². The molecule has 6 nitrogen and oxygen atoms in total. The van der Waals surface area contributed by atoms with Gasteiger partial charge in [-0.05, 0) is 11.1 Å². The summed E-state index contributed by atoms with van der Waals surface area (Å²) in [5.41, 5.74) is 0.235. The van der Waals surface area contributed by atoms with Crippen molar-refractivity contribution in [2.24, 2.45) is 0 Å². The van der Waals surface area contributed by atoms with Gasteiger partial charge in [-0.25, -0.2) is 0 Å². The van der Waals surface area contributed by atoms with Gasteiger partial charge in [0.15, 0.2) is 0 Å². The van der Waals surface area contributed by atoms with Crippen LogP contribution >= 0.6 is 16.3 Å². The minimum absolute atomic E-state index is 0. The molecule has 35 heavy (non-hydrogen) atoms. The number of carbonyl (C=O) groups is 2. The average molecular weight is 706 g/mol. The standard InChI is InChI=1S/C26H43O6P2.Ir/c1-23(2,3)33(24(4,5)6)31-19-16-20(32-34(25(7,8)9)26(10,11)12)18(22(28)30-14)15-17(19)21(27)29-13;/h15H,1-14H3;/q-1;. The van der Waals surface area contributed by atoms with Gasteiger partial charge in [0.2, 0.25) is 0 Å². The second-order valence-corrected chi connectivity index (χ2v) is 19.1. The Morgan fingerprint density at radius 1 is 0.629 bits per heavy atom. The second kappa shape index (κ2) is 12.2. The minimum atomic E-state index is -1.08. The number of esters is 2. The van der Waals surface area contributed by atoms with E-state index in [2.05, 4.69) is 89.2 Å². The van der Waals surface area contributed by atoms with Crippen LogP contribution in [0, 0.1) is 6.07 Å². The van der Waals surface area contributed by atoms with E-state index in [0.717, 1.165) is 0 Å². The van der Waals surface area contributed by atoms with Crippen LogP contribution in [0.25, 0.3) is 0 Å². The van der Waals surface area contributed by atoms with Gasteiger partial charge in [0.05, 0.1) is 30.5 Å². The zero-order valence-electron chi connectivity index (χ0n) is 23.8. The van der Waals surface area contributed by atoms with Crippen LogP contribution in [0.5, 0.6) is 11.5 Å². The Morgan fingerprint density at radius 2 is 0.886 bits per heavy atom. The van der Waals surface area contributed by atoms with Gasteiger partial charge >= 0.3 is 0 Å². The van der Waals surface area contributed by atoms with E-state index in [1.54, 1.807) is 0 Å². The second-order valence-electron chi connectivity index (χ2n) is 12.2. The summed E-state index contributed by atoms with van der Waals surface area (Å²) in [5, 5.41) is -0.721. The molecule has 9 heteroatoms. The molecule has 0 bridgehead atoms. The van der Waals surface area contributed by atoms with Crippen LogP contribution in [-0.2, 0) is 29.6 Å². The molecule has 0 saturated carbocycles. The third-order valence-corrected chi connectivity index (χ3v) is 10.2. The van der Waals surface area contributed by atoms with Gasteiger partial charge in [-0.2, -0.15) is 0 Å². The third-order valence-electron chi connectivity index (χ3n) is 4.62. The zero-order valence-corrected chi connectivity index (χ0v) is 27.9. The Bertz CT molecular complexity index is 792. The van der Waals surface area contributed by atoms with E-state index < -0.39 is 28.2 Å². The molecule has 0 aliphatic rings. The maximum atomic E-state index is 12.7. The molecular formula is C26H43IrO6P2-. The van der Waals surface area contributed by atoms with Crippen molar-refractivity contribution in [3.8, 4) is 11.5 Å². The average Bonchev–Trinajstić information content (AvgIpc) is 2.65. The summed E-state index contributed by atoms with van der Waals surface area (Å²) < 4.78 is 23.1. The van der Waals surface area contributed by atoms with Crippen LogP contribution in [-0.4, -0.2) is 46.8 Å². The van der Waals surface area contributed by atoms with Crippen LogP contribution in [0.2, 0.25) is 0 Å². The van der Waals surface area contributed by atoms with Gasteiger partial charge < -0.3 is 18.5 Å². The maximum absolute atomic E-state index is 12.7. The fourth-order valence-corrected chi connectivity index (χ4v) is 9.70. The van der Waals surface area contributed by atoms with Crippen molar-refractivity contribution in [2.45, 2.75) is 104 Å². The number of ether oxygens (including phenoxy) is 2. The van der Waals surface area contributed by atoms with E-state index in [-0.39, 0.29) is 63.4 Å². The maximum Gasteiger partial charge on any atom is 0.284 e. The van der Waals surface area contributed by atoms with Gasteiger partial charge in [-0.1, -0.05) is 89.2 Å². The SMILES string of the molecule is COC(=O)c1cc(C(=O)OC)c(OP(C(C)(C)C)C(C)(C)C)[c-]c1OP(C(C)(C)C)C(C)(C)C.[Ir]. The Labute approximate surface area is 228 Å². The summed E-state index contributed by atoms with van der Waals surface area (Å²) in [6.07, 6.45) is 0. The summed E-state index contributed by atoms with van der Waals surface area (Å²) in [6, 6.07) is 4.59. The normalized spacial score (nSPS) is 12.8. The molecule has 1 radical (unpaired) electrons. The van der Waals surface area contributed by atoms with E-state index in [1.165, 1.54) is 20.3 Å². The first-order chi connectivity index (χ1) is 15.1. The molecule has 0 atom stereocenters.